The van der Waals surface area contributed by atoms with Gasteiger partial charge in [0, 0.05) is 12.5 Å². The molecule has 0 aliphatic carbocycles. The van der Waals surface area contributed by atoms with Crippen LogP contribution in [0, 0.1) is 12.8 Å². The SMILES string of the molecule is Cc1ccc(NC(=O)[C@@H]2CCCN2C(=O)C(C)C)c(Cl)c1. The molecule has 2 amide bonds. The van der Waals surface area contributed by atoms with Crippen LogP contribution in [0.5, 0.6) is 0 Å². The predicted octanol–water partition coefficient (Wildman–Crippen LogP) is 3.23. The van der Waals surface area contributed by atoms with Gasteiger partial charge in [0.15, 0.2) is 0 Å². The fourth-order valence-corrected chi connectivity index (χ4v) is 2.85. The second-order valence-electron chi connectivity index (χ2n) is 5.82. The summed E-state index contributed by atoms with van der Waals surface area (Å²) in [7, 11) is 0. The van der Waals surface area contributed by atoms with Crippen LogP contribution in [0.25, 0.3) is 0 Å². The molecule has 1 aromatic rings. The van der Waals surface area contributed by atoms with Gasteiger partial charge in [-0.15, -0.1) is 0 Å². The number of rotatable bonds is 3. The molecule has 0 unspecified atom stereocenters. The lowest BCUT2D eigenvalue weighted by Crippen LogP contribution is -2.44. The topological polar surface area (TPSA) is 49.4 Å². The van der Waals surface area contributed by atoms with E-state index in [2.05, 4.69) is 5.32 Å². The van der Waals surface area contributed by atoms with Crippen molar-refractivity contribution in [2.45, 2.75) is 39.7 Å². The van der Waals surface area contributed by atoms with E-state index in [1.165, 1.54) is 0 Å². The number of carbonyl (C=O) groups excluding carboxylic acids is 2. The molecule has 4 nitrogen and oxygen atoms in total. The van der Waals surface area contributed by atoms with Gasteiger partial charge in [-0.05, 0) is 37.5 Å². The van der Waals surface area contributed by atoms with E-state index in [1.807, 2.05) is 32.9 Å². The second-order valence-corrected chi connectivity index (χ2v) is 6.22. The maximum atomic E-state index is 12.4. The summed E-state index contributed by atoms with van der Waals surface area (Å²) in [6.45, 7) is 6.30. The van der Waals surface area contributed by atoms with Gasteiger partial charge in [0.1, 0.15) is 6.04 Å². The Morgan fingerprint density at radius 2 is 2.10 bits per heavy atom. The number of nitrogens with one attached hydrogen (secondary N) is 1. The summed E-state index contributed by atoms with van der Waals surface area (Å²) in [5, 5.41) is 3.36. The van der Waals surface area contributed by atoms with Crippen molar-refractivity contribution in [3.63, 3.8) is 0 Å². The second kappa shape index (κ2) is 6.48. The van der Waals surface area contributed by atoms with E-state index in [4.69, 9.17) is 11.6 Å². The Morgan fingerprint density at radius 1 is 1.38 bits per heavy atom. The number of hydrogen-bond acceptors (Lipinski definition) is 2. The summed E-state index contributed by atoms with van der Waals surface area (Å²) in [6, 6.07) is 5.10. The maximum Gasteiger partial charge on any atom is 0.247 e. The molecule has 21 heavy (non-hydrogen) atoms. The highest BCUT2D eigenvalue weighted by Crippen LogP contribution is 2.25. The van der Waals surface area contributed by atoms with Gasteiger partial charge in [-0.1, -0.05) is 31.5 Å². The highest BCUT2D eigenvalue weighted by atomic mass is 35.5. The van der Waals surface area contributed by atoms with Gasteiger partial charge < -0.3 is 10.2 Å². The van der Waals surface area contributed by atoms with Crippen LogP contribution in [0.4, 0.5) is 5.69 Å². The van der Waals surface area contributed by atoms with Gasteiger partial charge >= 0.3 is 0 Å². The number of amides is 2. The highest BCUT2D eigenvalue weighted by molar-refractivity contribution is 6.33. The van der Waals surface area contributed by atoms with Gasteiger partial charge in [0.25, 0.3) is 0 Å². The molecule has 0 spiro atoms. The average molecular weight is 309 g/mol. The van der Waals surface area contributed by atoms with E-state index in [1.54, 1.807) is 11.0 Å². The monoisotopic (exact) mass is 308 g/mol. The first kappa shape index (κ1) is 15.8. The van der Waals surface area contributed by atoms with Crippen molar-refractivity contribution in [2.75, 3.05) is 11.9 Å². The summed E-state index contributed by atoms with van der Waals surface area (Å²) in [5.41, 5.74) is 1.63. The molecule has 1 aromatic carbocycles. The Labute approximate surface area is 130 Å². The third-order valence-electron chi connectivity index (χ3n) is 3.71. The van der Waals surface area contributed by atoms with E-state index in [9.17, 15) is 9.59 Å². The minimum atomic E-state index is -0.391. The summed E-state index contributed by atoms with van der Waals surface area (Å²) < 4.78 is 0. The molecule has 1 aliphatic heterocycles. The first-order chi connectivity index (χ1) is 9.90. The molecule has 1 aliphatic rings. The van der Waals surface area contributed by atoms with E-state index in [0.29, 0.717) is 23.7 Å². The van der Waals surface area contributed by atoms with Crippen molar-refractivity contribution in [3.05, 3.63) is 28.8 Å². The van der Waals surface area contributed by atoms with Crippen molar-refractivity contribution in [3.8, 4) is 0 Å². The van der Waals surface area contributed by atoms with E-state index < -0.39 is 6.04 Å². The van der Waals surface area contributed by atoms with Crippen molar-refractivity contribution >= 4 is 29.1 Å². The van der Waals surface area contributed by atoms with Crippen LogP contribution in [0.2, 0.25) is 5.02 Å². The lowest BCUT2D eigenvalue weighted by molar-refractivity contribution is -0.139. The molecule has 0 saturated carbocycles. The Bertz CT molecular complexity index is 557. The summed E-state index contributed by atoms with van der Waals surface area (Å²) >= 11 is 6.13. The lowest BCUT2D eigenvalue weighted by atomic mass is 10.1. The zero-order chi connectivity index (χ0) is 15.6. The molecular formula is C16H21ClN2O2. The predicted molar refractivity (Wildman–Crippen MR) is 84.4 cm³/mol. The number of nitrogens with zero attached hydrogens (tertiary/aromatic N) is 1. The van der Waals surface area contributed by atoms with Crippen LogP contribution in [-0.2, 0) is 9.59 Å². The molecular weight excluding hydrogens is 288 g/mol. The van der Waals surface area contributed by atoms with Crippen molar-refractivity contribution in [2.24, 2.45) is 5.92 Å². The number of halogens is 1. The fraction of sp³-hybridized carbons (Fsp3) is 0.500. The number of likely N-dealkylation sites (tertiary alicyclic amines) is 1. The molecule has 1 atom stereocenters. The van der Waals surface area contributed by atoms with Crippen molar-refractivity contribution < 1.29 is 9.59 Å². The first-order valence-corrected chi connectivity index (χ1v) is 7.65. The molecule has 2 rings (SSSR count). The van der Waals surface area contributed by atoms with Crippen LogP contribution >= 0.6 is 11.6 Å². The van der Waals surface area contributed by atoms with E-state index in [0.717, 1.165) is 12.0 Å². The van der Waals surface area contributed by atoms with Crippen LogP contribution in [0.1, 0.15) is 32.3 Å². The van der Waals surface area contributed by atoms with Crippen molar-refractivity contribution in [1.82, 2.24) is 4.90 Å². The zero-order valence-electron chi connectivity index (χ0n) is 12.6. The number of benzene rings is 1. The minimum Gasteiger partial charge on any atom is -0.330 e. The first-order valence-electron chi connectivity index (χ1n) is 7.27. The van der Waals surface area contributed by atoms with Gasteiger partial charge in [-0.25, -0.2) is 0 Å². The largest absolute Gasteiger partial charge is 0.330 e. The highest BCUT2D eigenvalue weighted by Gasteiger charge is 2.35. The number of hydrogen-bond donors (Lipinski definition) is 1. The molecule has 0 radical (unpaired) electrons. The van der Waals surface area contributed by atoms with Crippen LogP contribution in [0.15, 0.2) is 18.2 Å². The maximum absolute atomic E-state index is 12.4. The molecule has 1 fully saturated rings. The Morgan fingerprint density at radius 3 is 2.71 bits per heavy atom. The van der Waals surface area contributed by atoms with E-state index >= 15 is 0 Å². The Balaban J connectivity index is 2.10. The molecule has 1 saturated heterocycles. The fourth-order valence-electron chi connectivity index (χ4n) is 2.57. The summed E-state index contributed by atoms with van der Waals surface area (Å²) in [4.78, 5) is 26.3. The molecule has 1 heterocycles. The quantitative estimate of drug-likeness (QED) is 0.932. The average Bonchev–Trinajstić information content (AvgIpc) is 2.90. The standard InChI is InChI=1S/C16H21ClN2O2/c1-10(2)16(21)19-8-4-5-14(19)15(20)18-13-7-6-11(3)9-12(13)17/h6-7,9-10,14H,4-5,8H2,1-3H3,(H,18,20)/t14-/m0/s1. The molecule has 1 N–H and O–H groups in total. The molecule has 5 heteroatoms. The normalized spacial score (nSPS) is 18.1. The van der Waals surface area contributed by atoms with E-state index in [-0.39, 0.29) is 17.7 Å². The van der Waals surface area contributed by atoms with Gasteiger partial charge in [-0.3, -0.25) is 9.59 Å². The Kier molecular flexibility index (Phi) is 4.88. The molecule has 0 aromatic heterocycles. The van der Waals surface area contributed by atoms with Gasteiger partial charge in [0.2, 0.25) is 11.8 Å². The number of anilines is 1. The summed E-state index contributed by atoms with van der Waals surface area (Å²) in [6.07, 6.45) is 1.56. The zero-order valence-corrected chi connectivity index (χ0v) is 13.4. The Hall–Kier alpha value is -1.55. The number of carbonyl (C=O) groups is 2. The van der Waals surface area contributed by atoms with Crippen LogP contribution in [-0.4, -0.2) is 29.3 Å². The summed E-state index contributed by atoms with van der Waals surface area (Å²) in [5.74, 6) is -0.226. The van der Waals surface area contributed by atoms with Crippen molar-refractivity contribution in [1.29, 1.82) is 0 Å². The molecule has 114 valence electrons. The third-order valence-corrected chi connectivity index (χ3v) is 4.03. The van der Waals surface area contributed by atoms with Gasteiger partial charge in [0.05, 0.1) is 10.7 Å². The third kappa shape index (κ3) is 3.56. The van der Waals surface area contributed by atoms with Crippen LogP contribution < -0.4 is 5.32 Å². The van der Waals surface area contributed by atoms with Gasteiger partial charge in [-0.2, -0.15) is 0 Å². The van der Waals surface area contributed by atoms with Crippen LogP contribution in [0.3, 0.4) is 0 Å². The number of aryl methyl sites for hydroxylation is 1. The minimum absolute atomic E-state index is 0.0302. The smallest absolute Gasteiger partial charge is 0.247 e. The molecule has 0 bridgehead atoms. The lowest BCUT2D eigenvalue weighted by Gasteiger charge is -2.25.